The molecule has 7 heteroatoms. The lowest BCUT2D eigenvalue weighted by atomic mass is 9.81. The van der Waals surface area contributed by atoms with Gasteiger partial charge in [-0.05, 0) is 49.4 Å². The maximum Gasteiger partial charge on any atom is 0.311 e. The molecule has 2 aliphatic heterocycles. The Kier molecular flexibility index (Phi) is 3.97. The van der Waals surface area contributed by atoms with E-state index in [1.165, 1.54) is 29.2 Å². The minimum Gasteiger partial charge on any atom is -0.481 e. The average molecular weight is 360 g/mol. The van der Waals surface area contributed by atoms with E-state index in [4.69, 9.17) is 0 Å². The van der Waals surface area contributed by atoms with Crippen LogP contribution in [0, 0.1) is 23.1 Å². The summed E-state index contributed by atoms with van der Waals surface area (Å²) in [4.78, 5) is 40.5. The predicted molar refractivity (Wildman–Crippen MR) is 90.8 cm³/mol. The fraction of sp³-hybridized carbons (Fsp3) is 0.526. The molecule has 0 bridgehead atoms. The summed E-state index contributed by atoms with van der Waals surface area (Å²) < 4.78 is 13.1. The first kappa shape index (κ1) is 17.0. The minimum absolute atomic E-state index is 0.0198. The number of amides is 2. The zero-order chi connectivity index (χ0) is 18.5. The predicted octanol–water partition coefficient (Wildman–Crippen LogP) is 1.89. The van der Waals surface area contributed by atoms with Gasteiger partial charge in [0, 0.05) is 25.3 Å². The van der Waals surface area contributed by atoms with E-state index >= 15 is 0 Å². The van der Waals surface area contributed by atoms with E-state index in [-0.39, 0.29) is 30.1 Å². The number of anilines is 1. The van der Waals surface area contributed by atoms with E-state index in [9.17, 15) is 23.9 Å². The van der Waals surface area contributed by atoms with Gasteiger partial charge in [0.2, 0.25) is 11.8 Å². The Bertz CT molecular complexity index is 765. The monoisotopic (exact) mass is 360 g/mol. The molecule has 26 heavy (non-hydrogen) atoms. The maximum absolute atomic E-state index is 13.1. The second-order valence-electron chi connectivity index (χ2n) is 7.58. The molecular formula is C19H21FN2O4. The normalized spacial score (nSPS) is 30.7. The van der Waals surface area contributed by atoms with Gasteiger partial charge in [-0.15, -0.1) is 0 Å². The molecule has 1 aromatic carbocycles. The third kappa shape index (κ3) is 2.48. The van der Waals surface area contributed by atoms with Crippen molar-refractivity contribution in [3.63, 3.8) is 0 Å². The highest BCUT2D eigenvalue weighted by Crippen LogP contribution is 2.49. The zero-order valence-corrected chi connectivity index (χ0v) is 14.4. The Hall–Kier alpha value is -2.44. The lowest BCUT2D eigenvalue weighted by Gasteiger charge is -2.24. The van der Waals surface area contributed by atoms with Gasteiger partial charge in [-0.1, -0.05) is 6.42 Å². The number of hydrogen-bond acceptors (Lipinski definition) is 3. The molecule has 1 saturated carbocycles. The van der Waals surface area contributed by atoms with Gasteiger partial charge in [0.25, 0.3) is 0 Å². The molecule has 2 heterocycles. The van der Waals surface area contributed by atoms with Crippen LogP contribution in [0.25, 0.3) is 0 Å². The quantitative estimate of drug-likeness (QED) is 0.835. The van der Waals surface area contributed by atoms with Crippen molar-refractivity contribution in [2.45, 2.75) is 25.7 Å². The molecule has 1 aliphatic carbocycles. The molecule has 138 valence electrons. The summed E-state index contributed by atoms with van der Waals surface area (Å²) in [6.45, 7) is 1.03. The Balaban J connectivity index is 1.49. The molecule has 1 unspecified atom stereocenters. The molecule has 6 nitrogen and oxygen atoms in total. The number of fused-ring (bicyclic) bond motifs is 1. The Labute approximate surface area is 150 Å². The van der Waals surface area contributed by atoms with Crippen LogP contribution >= 0.6 is 0 Å². The molecule has 0 radical (unpaired) electrons. The van der Waals surface area contributed by atoms with Gasteiger partial charge < -0.3 is 14.9 Å². The Morgan fingerprint density at radius 1 is 1.19 bits per heavy atom. The lowest BCUT2D eigenvalue weighted by Crippen LogP contribution is -2.41. The fourth-order valence-corrected chi connectivity index (χ4v) is 4.81. The van der Waals surface area contributed by atoms with E-state index in [0.717, 1.165) is 12.8 Å². The number of benzene rings is 1. The van der Waals surface area contributed by atoms with E-state index in [1.807, 2.05) is 0 Å². The van der Waals surface area contributed by atoms with Gasteiger partial charge in [0.15, 0.2) is 0 Å². The number of carbonyl (C=O) groups excluding carboxylic acids is 2. The van der Waals surface area contributed by atoms with Crippen molar-refractivity contribution >= 4 is 23.5 Å². The van der Waals surface area contributed by atoms with Gasteiger partial charge in [-0.3, -0.25) is 14.4 Å². The fourth-order valence-electron chi connectivity index (χ4n) is 4.81. The first-order valence-corrected chi connectivity index (χ1v) is 9.01. The van der Waals surface area contributed by atoms with Gasteiger partial charge in [0.05, 0.1) is 5.41 Å². The average Bonchev–Trinajstić information content (AvgIpc) is 3.27. The summed E-state index contributed by atoms with van der Waals surface area (Å²) in [5, 5.41) is 9.66. The standard InChI is InChI=1S/C19H21FN2O4/c20-13-3-5-14(6-4-13)22-9-7-15(17(22)24)16(23)21-10-12-2-1-8-19(12,11-21)18(25)26/h3-6,12,15H,1-2,7-11H2,(H,25,26)/t12-,15?,19+/m0/s1. The van der Waals surface area contributed by atoms with Crippen molar-refractivity contribution in [3.8, 4) is 0 Å². The molecule has 2 amide bonds. The number of halogens is 1. The van der Waals surface area contributed by atoms with Crippen molar-refractivity contribution < 1.29 is 23.9 Å². The number of nitrogens with zero attached hydrogens (tertiary/aromatic N) is 2. The highest BCUT2D eigenvalue weighted by atomic mass is 19.1. The Morgan fingerprint density at radius 3 is 2.58 bits per heavy atom. The molecule has 3 fully saturated rings. The van der Waals surface area contributed by atoms with E-state index in [0.29, 0.717) is 31.6 Å². The third-order valence-corrected chi connectivity index (χ3v) is 6.25. The molecule has 2 saturated heterocycles. The highest BCUT2D eigenvalue weighted by molar-refractivity contribution is 6.09. The van der Waals surface area contributed by atoms with Crippen LogP contribution in [0.3, 0.4) is 0 Å². The molecule has 1 N–H and O–H groups in total. The molecule has 0 spiro atoms. The molecule has 3 atom stereocenters. The van der Waals surface area contributed by atoms with Crippen molar-refractivity contribution in [2.24, 2.45) is 17.3 Å². The van der Waals surface area contributed by atoms with Crippen LogP contribution in [-0.2, 0) is 14.4 Å². The number of aliphatic carboxylic acids is 1. The van der Waals surface area contributed by atoms with Gasteiger partial charge in [-0.25, -0.2) is 4.39 Å². The largest absolute Gasteiger partial charge is 0.481 e. The number of carbonyl (C=O) groups is 3. The number of hydrogen-bond donors (Lipinski definition) is 1. The summed E-state index contributed by atoms with van der Waals surface area (Å²) in [7, 11) is 0. The Morgan fingerprint density at radius 2 is 1.92 bits per heavy atom. The minimum atomic E-state index is -0.839. The van der Waals surface area contributed by atoms with Crippen molar-refractivity contribution in [3.05, 3.63) is 30.1 Å². The summed E-state index contributed by atoms with van der Waals surface area (Å²) in [5.41, 5.74) is -0.263. The first-order chi connectivity index (χ1) is 12.4. The summed E-state index contributed by atoms with van der Waals surface area (Å²) in [5.74, 6) is -2.56. The van der Waals surface area contributed by atoms with Gasteiger partial charge in [0.1, 0.15) is 11.7 Å². The van der Waals surface area contributed by atoms with E-state index in [1.54, 1.807) is 4.90 Å². The molecule has 0 aromatic heterocycles. The van der Waals surface area contributed by atoms with Crippen LogP contribution in [0.1, 0.15) is 25.7 Å². The topological polar surface area (TPSA) is 77.9 Å². The number of likely N-dealkylation sites (tertiary alicyclic amines) is 1. The SMILES string of the molecule is O=C(C1CCN(c2ccc(F)cc2)C1=O)N1C[C@@H]2CCC[C@@]2(C(=O)O)C1. The zero-order valence-electron chi connectivity index (χ0n) is 14.4. The van der Waals surface area contributed by atoms with Crippen molar-refractivity contribution in [1.29, 1.82) is 0 Å². The second-order valence-corrected chi connectivity index (χ2v) is 7.58. The van der Waals surface area contributed by atoms with Crippen LogP contribution in [0.5, 0.6) is 0 Å². The summed E-state index contributed by atoms with van der Waals surface area (Å²) >= 11 is 0. The number of carboxylic acid groups (broad SMARTS) is 1. The molecule has 1 aromatic rings. The van der Waals surface area contributed by atoms with Gasteiger partial charge in [-0.2, -0.15) is 0 Å². The first-order valence-electron chi connectivity index (χ1n) is 9.01. The van der Waals surface area contributed by atoms with E-state index in [2.05, 4.69) is 0 Å². The molecular weight excluding hydrogens is 339 g/mol. The molecule has 3 aliphatic rings. The second kappa shape index (κ2) is 6.07. The highest BCUT2D eigenvalue weighted by Gasteiger charge is 2.57. The van der Waals surface area contributed by atoms with Crippen LogP contribution in [0.2, 0.25) is 0 Å². The van der Waals surface area contributed by atoms with Crippen LogP contribution in [0.4, 0.5) is 10.1 Å². The van der Waals surface area contributed by atoms with Crippen LogP contribution < -0.4 is 4.90 Å². The summed E-state index contributed by atoms with van der Waals surface area (Å²) in [6.07, 6.45) is 2.68. The van der Waals surface area contributed by atoms with Crippen molar-refractivity contribution in [2.75, 3.05) is 24.5 Å². The van der Waals surface area contributed by atoms with Gasteiger partial charge >= 0.3 is 5.97 Å². The number of rotatable bonds is 3. The number of carboxylic acids is 1. The summed E-state index contributed by atoms with van der Waals surface area (Å²) in [6, 6.07) is 5.63. The van der Waals surface area contributed by atoms with E-state index < -0.39 is 17.3 Å². The smallest absolute Gasteiger partial charge is 0.311 e. The lowest BCUT2D eigenvalue weighted by molar-refractivity contribution is -0.149. The maximum atomic E-state index is 13.1. The third-order valence-electron chi connectivity index (χ3n) is 6.25. The van der Waals surface area contributed by atoms with Crippen LogP contribution in [0.15, 0.2) is 24.3 Å². The van der Waals surface area contributed by atoms with Crippen LogP contribution in [-0.4, -0.2) is 47.4 Å². The van der Waals surface area contributed by atoms with Crippen molar-refractivity contribution in [1.82, 2.24) is 4.90 Å². The molecule has 4 rings (SSSR count).